The van der Waals surface area contributed by atoms with Crippen LogP contribution < -0.4 is 5.32 Å². The van der Waals surface area contributed by atoms with Crippen LogP contribution in [0.3, 0.4) is 0 Å². The van der Waals surface area contributed by atoms with E-state index >= 15 is 0 Å². The van der Waals surface area contributed by atoms with Gasteiger partial charge in [0, 0.05) is 42.6 Å². The van der Waals surface area contributed by atoms with Gasteiger partial charge in [-0.25, -0.2) is 12.8 Å². The smallest absolute Gasteiger partial charge is 0.243 e. The van der Waals surface area contributed by atoms with Crippen molar-refractivity contribution in [2.75, 3.05) is 11.1 Å². The van der Waals surface area contributed by atoms with Gasteiger partial charge in [-0.1, -0.05) is 18.2 Å². The van der Waals surface area contributed by atoms with E-state index in [4.69, 9.17) is 0 Å². The third kappa shape index (κ3) is 5.12. The number of pyridine rings is 1. The van der Waals surface area contributed by atoms with Crippen molar-refractivity contribution in [3.63, 3.8) is 0 Å². The fraction of sp³-hybridized carbons (Fsp3) is 0.182. The van der Waals surface area contributed by atoms with Crippen molar-refractivity contribution < 1.29 is 17.6 Å². The lowest BCUT2D eigenvalue weighted by molar-refractivity contribution is -0.115. The summed E-state index contributed by atoms with van der Waals surface area (Å²) in [6.45, 7) is 0.168. The maximum Gasteiger partial charge on any atom is 0.243 e. The summed E-state index contributed by atoms with van der Waals surface area (Å²) in [4.78, 5) is 16.9. The number of amides is 1. The summed E-state index contributed by atoms with van der Waals surface area (Å²) >= 11 is 1.51. The van der Waals surface area contributed by atoms with Gasteiger partial charge in [-0.3, -0.25) is 9.78 Å². The molecule has 0 aliphatic carbocycles. The summed E-state index contributed by atoms with van der Waals surface area (Å²) in [5, 5.41) is 2.79. The first-order chi connectivity index (χ1) is 14.9. The minimum absolute atomic E-state index is 0.0652. The number of nitrogens with one attached hydrogen (secondary N) is 1. The molecule has 2 heterocycles. The van der Waals surface area contributed by atoms with Crippen molar-refractivity contribution >= 4 is 33.4 Å². The van der Waals surface area contributed by atoms with Crippen molar-refractivity contribution in [3.05, 3.63) is 83.9 Å². The van der Waals surface area contributed by atoms with Gasteiger partial charge in [0.05, 0.1) is 10.6 Å². The molecule has 0 bridgehead atoms. The summed E-state index contributed by atoms with van der Waals surface area (Å²) < 4.78 is 41.8. The van der Waals surface area contributed by atoms with Crippen LogP contribution in [-0.2, 0) is 27.9 Å². The zero-order valence-corrected chi connectivity index (χ0v) is 18.1. The topological polar surface area (TPSA) is 79.4 Å². The molecule has 0 radical (unpaired) electrons. The Bertz CT molecular complexity index is 1190. The lowest BCUT2D eigenvalue weighted by atomic mass is 10.2. The maximum absolute atomic E-state index is 13.6. The molecule has 1 N–H and O–H groups in total. The molecule has 0 spiro atoms. The van der Waals surface area contributed by atoms with E-state index in [0.29, 0.717) is 23.4 Å². The first kappa shape index (κ1) is 21.5. The van der Waals surface area contributed by atoms with Gasteiger partial charge in [0.15, 0.2) is 0 Å². The number of anilines is 1. The van der Waals surface area contributed by atoms with Gasteiger partial charge in [0.2, 0.25) is 15.9 Å². The predicted octanol–water partition coefficient (Wildman–Crippen LogP) is 4.05. The lowest BCUT2D eigenvalue weighted by Crippen LogP contribution is -2.30. The van der Waals surface area contributed by atoms with Crippen LogP contribution in [0, 0.1) is 5.82 Å². The van der Waals surface area contributed by atoms with Crippen molar-refractivity contribution in [3.8, 4) is 0 Å². The minimum Gasteiger partial charge on any atom is -0.325 e. The second-order valence-electron chi connectivity index (χ2n) is 7.07. The Hall–Kier alpha value is -2.75. The second-order valence-corrected chi connectivity index (χ2v) is 10.1. The molecular formula is C22H20FN3O3S2. The van der Waals surface area contributed by atoms with Crippen LogP contribution in [0.5, 0.6) is 0 Å². The molecule has 31 heavy (non-hydrogen) atoms. The zero-order chi connectivity index (χ0) is 21.8. The number of benzene rings is 2. The number of fused-ring (bicyclic) bond motifs is 1. The van der Waals surface area contributed by atoms with Gasteiger partial charge in [0.25, 0.3) is 0 Å². The first-order valence-corrected chi connectivity index (χ1v) is 12.0. The molecule has 3 aromatic rings. The highest BCUT2D eigenvalue weighted by Gasteiger charge is 2.27. The van der Waals surface area contributed by atoms with E-state index in [2.05, 4.69) is 10.3 Å². The first-order valence-electron chi connectivity index (χ1n) is 9.62. The van der Waals surface area contributed by atoms with Crippen LogP contribution in [0.1, 0.15) is 17.5 Å². The van der Waals surface area contributed by atoms with E-state index < -0.39 is 10.0 Å². The number of hydrogen-bond acceptors (Lipinski definition) is 5. The molecule has 1 aliphatic rings. The Kier molecular flexibility index (Phi) is 6.35. The average molecular weight is 458 g/mol. The van der Waals surface area contributed by atoms with Gasteiger partial charge in [-0.15, -0.1) is 11.8 Å². The summed E-state index contributed by atoms with van der Waals surface area (Å²) in [6.07, 6.45) is 3.61. The van der Waals surface area contributed by atoms with E-state index in [9.17, 15) is 17.6 Å². The number of nitrogens with zero attached hydrogens (tertiary/aromatic N) is 2. The molecule has 9 heteroatoms. The molecule has 1 amide bonds. The highest BCUT2D eigenvalue weighted by Crippen LogP contribution is 2.34. The van der Waals surface area contributed by atoms with E-state index in [1.165, 1.54) is 34.3 Å². The molecule has 4 rings (SSSR count). The molecule has 0 unspecified atom stereocenters. The fourth-order valence-corrected chi connectivity index (χ4v) is 5.60. The highest BCUT2D eigenvalue weighted by molar-refractivity contribution is 7.99. The summed E-state index contributed by atoms with van der Waals surface area (Å²) in [7, 11) is -3.92. The second kappa shape index (κ2) is 9.17. The van der Waals surface area contributed by atoms with Gasteiger partial charge in [-0.05, 0) is 47.5 Å². The summed E-state index contributed by atoms with van der Waals surface area (Å²) in [5.74, 6) is 0.117. The van der Waals surface area contributed by atoms with Gasteiger partial charge < -0.3 is 5.32 Å². The molecule has 1 aliphatic heterocycles. The molecular weight excluding hydrogens is 437 g/mol. The molecule has 0 atom stereocenters. The molecule has 160 valence electrons. The van der Waals surface area contributed by atoms with Crippen molar-refractivity contribution in [1.29, 1.82) is 0 Å². The van der Waals surface area contributed by atoms with Crippen LogP contribution >= 0.6 is 11.8 Å². The van der Waals surface area contributed by atoms with Gasteiger partial charge in [0.1, 0.15) is 5.82 Å². The van der Waals surface area contributed by atoms with E-state index in [-0.39, 0.29) is 29.7 Å². The Balaban J connectivity index is 1.70. The maximum atomic E-state index is 13.6. The molecule has 6 nitrogen and oxygen atoms in total. The molecule has 1 aromatic heterocycles. The Labute approximate surface area is 184 Å². The van der Waals surface area contributed by atoms with E-state index in [0.717, 1.165) is 10.5 Å². The zero-order valence-electron chi connectivity index (χ0n) is 16.5. The average Bonchev–Trinajstić information content (AvgIpc) is 2.95. The van der Waals surface area contributed by atoms with Crippen LogP contribution in [0.2, 0.25) is 0 Å². The van der Waals surface area contributed by atoms with Crippen molar-refractivity contribution in [1.82, 2.24) is 9.29 Å². The van der Waals surface area contributed by atoms with Gasteiger partial charge in [-0.2, -0.15) is 4.31 Å². The largest absolute Gasteiger partial charge is 0.325 e. The monoisotopic (exact) mass is 457 g/mol. The Morgan fingerprint density at radius 1 is 1.06 bits per heavy atom. The van der Waals surface area contributed by atoms with Gasteiger partial charge >= 0.3 is 0 Å². The fourth-order valence-electron chi connectivity index (χ4n) is 3.22. The number of rotatable bonds is 6. The molecule has 0 saturated heterocycles. The molecule has 0 fully saturated rings. The number of aromatic nitrogens is 1. The number of sulfonamides is 1. The van der Waals surface area contributed by atoms with E-state index in [1.54, 1.807) is 48.8 Å². The SMILES string of the molecule is O=C1CCSc2ccc(S(=O)(=O)N(Cc3ccc(F)cc3)Cc3cccnc3)cc2N1. The number of hydrogen-bond donors (Lipinski definition) is 1. The van der Waals surface area contributed by atoms with E-state index in [1.807, 2.05) is 0 Å². The van der Waals surface area contributed by atoms with Crippen molar-refractivity contribution in [2.24, 2.45) is 0 Å². The summed E-state index contributed by atoms with van der Waals surface area (Å²) in [5.41, 5.74) is 1.89. The Morgan fingerprint density at radius 3 is 2.58 bits per heavy atom. The number of carbonyl (C=O) groups is 1. The lowest BCUT2D eigenvalue weighted by Gasteiger charge is -2.23. The molecule has 0 saturated carbocycles. The number of halogens is 1. The predicted molar refractivity (Wildman–Crippen MR) is 117 cm³/mol. The third-order valence-corrected chi connectivity index (χ3v) is 7.67. The number of carbonyl (C=O) groups excluding carboxylic acids is 1. The normalized spacial score (nSPS) is 14.1. The third-order valence-electron chi connectivity index (χ3n) is 4.80. The number of thioether (sulfide) groups is 1. The summed E-state index contributed by atoms with van der Waals surface area (Å²) in [6, 6.07) is 14.1. The van der Waals surface area contributed by atoms with Crippen LogP contribution in [0.15, 0.2) is 76.8 Å². The minimum atomic E-state index is -3.92. The Morgan fingerprint density at radius 2 is 1.84 bits per heavy atom. The van der Waals surface area contributed by atoms with Crippen LogP contribution in [0.4, 0.5) is 10.1 Å². The van der Waals surface area contributed by atoms with Crippen LogP contribution in [-0.4, -0.2) is 29.4 Å². The van der Waals surface area contributed by atoms with Crippen molar-refractivity contribution in [2.45, 2.75) is 29.3 Å². The van der Waals surface area contributed by atoms with Crippen LogP contribution in [0.25, 0.3) is 0 Å². The highest BCUT2D eigenvalue weighted by atomic mass is 32.2. The molecule has 2 aromatic carbocycles. The quantitative estimate of drug-likeness (QED) is 0.604. The standard InChI is InChI=1S/C22H20FN3O3S2/c23-18-5-3-16(4-6-18)14-26(15-17-2-1-10-24-13-17)31(28,29)19-7-8-21-20(12-19)25-22(27)9-11-30-21/h1-8,10,12-13H,9,11,14-15H2,(H,25,27).